The summed E-state index contributed by atoms with van der Waals surface area (Å²) in [5.41, 5.74) is 10.2. The van der Waals surface area contributed by atoms with Crippen molar-refractivity contribution in [2.45, 2.75) is 38.0 Å². The van der Waals surface area contributed by atoms with Crippen LogP contribution in [-0.4, -0.2) is 16.3 Å². The third kappa shape index (κ3) is 1.26. The Kier molecular flexibility index (Phi) is 1.93. The Morgan fingerprint density at radius 2 is 2.20 bits per heavy atom. The maximum absolute atomic E-state index is 5.90. The molecule has 1 heterocycles. The van der Waals surface area contributed by atoms with Gasteiger partial charge in [-0.3, -0.25) is 4.68 Å². The van der Waals surface area contributed by atoms with Gasteiger partial charge in [0.15, 0.2) is 0 Å². The van der Waals surface area contributed by atoms with Gasteiger partial charge in [-0.1, -0.05) is 6.92 Å². The molecule has 0 radical (unpaired) electrons. The molecule has 1 aromatic rings. The minimum Gasteiger partial charge on any atom is -0.330 e. The Hall–Kier alpha value is -0.830. The SMILES string of the molecule is CC1Cc2nn(C)c(C3CC3)c2C1CN. The van der Waals surface area contributed by atoms with E-state index in [2.05, 4.69) is 23.8 Å². The highest BCUT2D eigenvalue weighted by Crippen LogP contribution is 2.48. The van der Waals surface area contributed by atoms with Gasteiger partial charge in [0.2, 0.25) is 0 Å². The molecule has 2 atom stereocenters. The van der Waals surface area contributed by atoms with Crippen molar-refractivity contribution in [3.63, 3.8) is 0 Å². The highest BCUT2D eigenvalue weighted by Gasteiger charge is 2.39. The van der Waals surface area contributed by atoms with Gasteiger partial charge in [-0.25, -0.2) is 0 Å². The van der Waals surface area contributed by atoms with Crippen LogP contribution in [0.2, 0.25) is 0 Å². The van der Waals surface area contributed by atoms with Crippen LogP contribution in [0.25, 0.3) is 0 Å². The van der Waals surface area contributed by atoms with E-state index in [1.165, 1.54) is 29.8 Å². The molecule has 0 aromatic carbocycles. The van der Waals surface area contributed by atoms with Gasteiger partial charge in [-0.2, -0.15) is 5.10 Å². The number of hydrogen-bond acceptors (Lipinski definition) is 2. The third-order valence-corrected chi connectivity index (χ3v) is 4.00. The van der Waals surface area contributed by atoms with Gasteiger partial charge in [-0.05, 0) is 31.7 Å². The van der Waals surface area contributed by atoms with Crippen molar-refractivity contribution in [3.05, 3.63) is 17.0 Å². The van der Waals surface area contributed by atoms with Crippen molar-refractivity contribution in [1.82, 2.24) is 9.78 Å². The maximum atomic E-state index is 5.90. The zero-order valence-electron chi connectivity index (χ0n) is 9.53. The number of nitrogens with two attached hydrogens (primary N) is 1. The quantitative estimate of drug-likeness (QED) is 0.795. The van der Waals surface area contributed by atoms with Crippen LogP contribution in [0.5, 0.6) is 0 Å². The molecule has 2 aliphatic rings. The topological polar surface area (TPSA) is 43.8 Å². The monoisotopic (exact) mass is 205 g/mol. The molecule has 3 nitrogen and oxygen atoms in total. The van der Waals surface area contributed by atoms with Crippen LogP contribution in [0.4, 0.5) is 0 Å². The second-order valence-electron chi connectivity index (χ2n) is 5.17. The lowest BCUT2D eigenvalue weighted by Crippen LogP contribution is -2.17. The van der Waals surface area contributed by atoms with Crippen LogP contribution in [0, 0.1) is 5.92 Å². The molecule has 0 saturated heterocycles. The highest BCUT2D eigenvalue weighted by molar-refractivity contribution is 5.39. The van der Waals surface area contributed by atoms with Crippen molar-refractivity contribution in [3.8, 4) is 0 Å². The van der Waals surface area contributed by atoms with Crippen molar-refractivity contribution >= 4 is 0 Å². The van der Waals surface area contributed by atoms with Crippen molar-refractivity contribution in [1.29, 1.82) is 0 Å². The first-order valence-electron chi connectivity index (χ1n) is 5.98. The van der Waals surface area contributed by atoms with Crippen molar-refractivity contribution in [2.24, 2.45) is 18.7 Å². The van der Waals surface area contributed by atoms with E-state index < -0.39 is 0 Å². The van der Waals surface area contributed by atoms with E-state index in [0.717, 1.165) is 18.9 Å². The van der Waals surface area contributed by atoms with Gasteiger partial charge in [0.05, 0.1) is 5.69 Å². The Labute approximate surface area is 90.7 Å². The number of fused-ring (bicyclic) bond motifs is 1. The van der Waals surface area contributed by atoms with Crippen LogP contribution >= 0.6 is 0 Å². The fraction of sp³-hybridized carbons (Fsp3) is 0.750. The molecule has 2 aliphatic carbocycles. The molecule has 2 unspecified atom stereocenters. The molecular formula is C12H19N3. The molecule has 2 N–H and O–H groups in total. The predicted molar refractivity (Wildman–Crippen MR) is 59.8 cm³/mol. The lowest BCUT2D eigenvalue weighted by Gasteiger charge is -2.16. The Balaban J connectivity index is 2.09. The molecule has 0 aliphatic heterocycles. The molecule has 1 fully saturated rings. The number of nitrogens with zero attached hydrogens (tertiary/aromatic N) is 2. The van der Waals surface area contributed by atoms with E-state index in [0.29, 0.717) is 11.8 Å². The highest BCUT2D eigenvalue weighted by atomic mass is 15.3. The fourth-order valence-electron chi connectivity index (χ4n) is 3.09. The van der Waals surface area contributed by atoms with E-state index in [4.69, 9.17) is 5.73 Å². The summed E-state index contributed by atoms with van der Waals surface area (Å²) in [6.07, 6.45) is 3.81. The average molecular weight is 205 g/mol. The summed E-state index contributed by atoms with van der Waals surface area (Å²) in [6, 6.07) is 0. The zero-order valence-corrected chi connectivity index (χ0v) is 9.53. The summed E-state index contributed by atoms with van der Waals surface area (Å²) in [6.45, 7) is 3.08. The molecule has 0 spiro atoms. The van der Waals surface area contributed by atoms with Crippen LogP contribution in [0.3, 0.4) is 0 Å². The molecule has 3 heteroatoms. The van der Waals surface area contributed by atoms with Gasteiger partial charge in [0.25, 0.3) is 0 Å². The van der Waals surface area contributed by atoms with Crippen LogP contribution in [0.15, 0.2) is 0 Å². The predicted octanol–water partition coefficient (Wildman–Crippen LogP) is 1.53. The molecular weight excluding hydrogens is 186 g/mol. The summed E-state index contributed by atoms with van der Waals surface area (Å²) in [5.74, 6) is 2.03. The van der Waals surface area contributed by atoms with E-state index in [1.54, 1.807) is 0 Å². The van der Waals surface area contributed by atoms with E-state index in [1.807, 2.05) is 0 Å². The van der Waals surface area contributed by atoms with Crippen LogP contribution in [-0.2, 0) is 13.5 Å². The lowest BCUT2D eigenvalue weighted by atomic mass is 9.92. The first-order valence-corrected chi connectivity index (χ1v) is 5.98. The van der Waals surface area contributed by atoms with Crippen molar-refractivity contribution < 1.29 is 0 Å². The second-order valence-corrected chi connectivity index (χ2v) is 5.17. The standard InChI is InChI=1S/C12H19N3/c1-7-5-10-11(9(7)6-13)12(8-3-4-8)15(2)14-10/h7-9H,3-6,13H2,1-2H3. The summed E-state index contributed by atoms with van der Waals surface area (Å²) >= 11 is 0. The summed E-state index contributed by atoms with van der Waals surface area (Å²) in [5, 5.41) is 4.66. The molecule has 1 aromatic heterocycles. The number of aryl methyl sites for hydroxylation is 1. The Bertz CT molecular complexity index is 390. The average Bonchev–Trinajstić information content (AvgIpc) is 2.89. The summed E-state index contributed by atoms with van der Waals surface area (Å²) < 4.78 is 2.11. The second kappa shape index (κ2) is 3.08. The van der Waals surface area contributed by atoms with Crippen LogP contribution in [0.1, 0.15) is 48.6 Å². The first-order chi connectivity index (χ1) is 7.22. The van der Waals surface area contributed by atoms with Crippen molar-refractivity contribution in [2.75, 3.05) is 6.54 Å². The molecule has 82 valence electrons. The minimum absolute atomic E-state index is 0.560. The molecule has 0 bridgehead atoms. The normalized spacial score (nSPS) is 29.5. The Morgan fingerprint density at radius 3 is 2.80 bits per heavy atom. The first kappa shape index (κ1) is 9.40. The summed E-state index contributed by atoms with van der Waals surface area (Å²) in [4.78, 5) is 0. The minimum atomic E-state index is 0.560. The van der Waals surface area contributed by atoms with Gasteiger partial charge < -0.3 is 5.73 Å². The van der Waals surface area contributed by atoms with E-state index >= 15 is 0 Å². The van der Waals surface area contributed by atoms with Gasteiger partial charge in [0.1, 0.15) is 0 Å². The third-order valence-electron chi connectivity index (χ3n) is 4.00. The molecule has 1 saturated carbocycles. The number of aromatic nitrogens is 2. The summed E-state index contributed by atoms with van der Waals surface area (Å²) in [7, 11) is 2.09. The van der Waals surface area contributed by atoms with Crippen LogP contribution < -0.4 is 5.73 Å². The number of rotatable bonds is 2. The zero-order chi connectivity index (χ0) is 10.6. The fourth-order valence-corrected chi connectivity index (χ4v) is 3.09. The molecule has 0 amide bonds. The molecule has 15 heavy (non-hydrogen) atoms. The van der Waals surface area contributed by atoms with Gasteiger partial charge in [0, 0.05) is 30.1 Å². The Morgan fingerprint density at radius 1 is 1.47 bits per heavy atom. The number of hydrogen-bond donors (Lipinski definition) is 1. The maximum Gasteiger partial charge on any atom is 0.0665 e. The lowest BCUT2D eigenvalue weighted by molar-refractivity contribution is 0.490. The molecule has 3 rings (SSSR count). The van der Waals surface area contributed by atoms with Gasteiger partial charge in [-0.15, -0.1) is 0 Å². The smallest absolute Gasteiger partial charge is 0.0665 e. The largest absolute Gasteiger partial charge is 0.330 e. The van der Waals surface area contributed by atoms with E-state index in [-0.39, 0.29) is 0 Å². The van der Waals surface area contributed by atoms with E-state index in [9.17, 15) is 0 Å². The van der Waals surface area contributed by atoms with Gasteiger partial charge >= 0.3 is 0 Å².